The van der Waals surface area contributed by atoms with Gasteiger partial charge in [0.15, 0.2) is 0 Å². The third-order valence-corrected chi connectivity index (χ3v) is 1.56. The molecule has 1 aromatic carbocycles. The Bertz CT molecular complexity index is 187. The number of nitrogens with one attached hydrogen (secondary N) is 1. The fourth-order valence-corrected chi connectivity index (χ4v) is 0.998. The van der Waals surface area contributed by atoms with Crippen LogP contribution in [0.4, 0.5) is 5.69 Å². The number of aryl methyl sites for hydroxylation is 1. The van der Waals surface area contributed by atoms with Crippen LogP contribution in [0.2, 0.25) is 0 Å². The number of benzene rings is 1. The summed E-state index contributed by atoms with van der Waals surface area (Å²) in [6.45, 7) is 2.13. The van der Waals surface area contributed by atoms with Crippen molar-refractivity contribution in [3.8, 4) is 0 Å². The van der Waals surface area contributed by atoms with Crippen molar-refractivity contribution < 1.29 is 51.4 Å². The average molecular weight is 173 g/mol. The van der Waals surface area contributed by atoms with Crippen LogP contribution in [-0.4, -0.2) is 7.05 Å². The van der Waals surface area contributed by atoms with E-state index in [1.54, 1.807) is 0 Å². The van der Waals surface area contributed by atoms with Gasteiger partial charge in [-0.3, -0.25) is 0 Å². The zero-order chi connectivity index (χ0) is 7.40. The van der Waals surface area contributed by atoms with E-state index in [1.165, 1.54) is 11.3 Å². The van der Waals surface area contributed by atoms with Gasteiger partial charge in [-0.1, -0.05) is 19.0 Å². The Morgan fingerprint density at radius 2 is 2.27 bits per heavy atom. The summed E-state index contributed by atoms with van der Waals surface area (Å²) in [4.78, 5) is 0. The molecule has 0 amide bonds. The van der Waals surface area contributed by atoms with E-state index in [0.717, 1.165) is 6.42 Å². The first-order chi connectivity index (χ1) is 4.88. The van der Waals surface area contributed by atoms with Crippen LogP contribution in [0, 0.1) is 6.07 Å². The molecule has 11 heavy (non-hydrogen) atoms. The summed E-state index contributed by atoms with van der Waals surface area (Å²) in [5.41, 5.74) is 2.44. The van der Waals surface area contributed by atoms with Crippen LogP contribution in [-0.2, 0) is 6.42 Å². The van der Waals surface area contributed by atoms with Crippen molar-refractivity contribution >= 4 is 5.69 Å². The minimum Gasteiger partial charge on any atom is -0.439 e. The first-order valence-electron chi connectivity index (χ1n) is 3.55. The van der Waals surface area contributed by atoms with Crippen molar-refractivity contribution in [3.05, 3.63) is 29.8 Å². The maximum Gasteiger partial charge on any atom is 1.00 e. The van der Waals surface area contributed by atoms with Gasteiger partial charge in [0, 0.05) is 0 Å². The summed E-state index contributed by atoms with van der Waals surface area (Å²) in [6.07, 6.45) is 1.04. The van der Waals surface area contributed by atoms with Crippen molar-refractivity contribution in [1.29, 1.82) is 0 Å². The molecule has 0 spiro atoms. The van der Waals surface area contributed by atoms with E-state index in [4.69, 9.17) is 0 Å². The van der Waals surface area contributed by atoms with Crippen molar-refractivity contribution in [1.82, 2.24) is 0 Å². The summed E-state index contributed by atoms with van der Waals surface area (Å²) in [5.74, 6) is 0. The Labute approximate surface area is 111 Å². The molecule has 0 aromatic heterocycles. The van der Waals surface area contributed by atoms with Gasteiger partial charge in [0.25, 0.3) is 0 Å². The second-order valence-electron chi connectivity index (χ2n) is 2.17. The predicted octanol–water partition coefficient (Wildman–Crippen LogP) is -0.905. The number of hydrogen-bond donors (Lipinski definition) is 1. The van der Waals surface area contributed by atoms with Gasteiger partial charge in [0.2, 0.25) is 0 Å². The Morgan fingerprint density at radius 1 is 1.55 bits per heavy atom. The van der Waals surface area contributed by atoms with Crippen molar-refractivity contribution in [2.24, 2.45) is 0 Å². The van der Waals surface area contributed by atoms with E-state index in [-0.39, 0.29) is 51.4 Å². The first kappa shape index (κ1) is 11.7. The van der Waals surface area contributed by atoms with E-state index in [2.05, 4.69) is 24.4 Å². The monoisotopic (exact) mass is 173 g/mol. The topological polar surface area (TPSA) is 12.0 Å². The molecular weight excluding hydrogens is 161 g/mol. The Kier molecular flexibility index (Phi) is 6.57. The summed E-state index contributed by atoms with van der Waals surface area (Å²) in [5, 5.41) is 3.12. The van der Waals surface area contributed by atoms with Crippen molar-refractivity contribution in [2.45, 2.75) is 13.3 Å². The number of rotatable bonds is 2. The molecule has 0 saturated heterocycles. The predicted molar refractivity (Wildman–Crippen MR) is 44.2 cm³/mol. The molecule has 0 aliphatic carbocycles. The minimum atomic E-state index is 0. The molecule has 0 aliphatic heterocycles. The number of hydrogen-bond acceptors (Lipinski definition) is 1. The molecule has 0 aliphatic rings. The van der Waals surface area contributed by atoms with E-state index in [9.17, 15) is 0 Å². The molecular formula is C9H12KN. The maximum atomic E-state index is 3.18. The quantitative estimate of drug-likeness (QED) is 0.451. The van der Waals surface area contributed by atoms with E-state index in [0.29, 0.717) is 0 Å². The van der Waals surface area contributed by atoms with Gasteiger partial charge >= 0.3 is 51.4 Å². The van der Waals surface area contributed by atoms with E-state index in [1.807, 2.05) is 19.2 Å². The molecule has 0 fully saturated rings. The normalized spacial score (nSPS) is 8.55. The van der Waals surface area contributed by atoms with Crippen molar-refractivity contribution in [2.75, 3.05) is 12.4 Å². The minimum absolute atomic E-state index is 0. The molecule has 54 valence electrons. The van der Waals surface area contributed by atoms with E-state index < -0.39 is 0 Å². The van der Waals surface area contributed by atoms with Crippen LogP contribution in [0.25, 0.3) is 0 Å². The maximum absolute atomic E-state index is 3.18. The molecule has 0 saturated carbocycles. The molecule has 1 aromatic rings. The number of anilines is 1. The molecule has 1 rings (SSSR count). The third kappa shape index (κ3) is 3.26. The zero-order valence-corrected chi connectivity index (χ0v) is 10.6. The van der Waals surface area contributed by atoms with Gasteiger partial charge < -0.3 is 5.32 Å². The van der Waals surface area contributed by atoms with Crippen molar-refractivity contribution in [3.63, 3.8) is 0 Å². The Balaban J connectivity index is 0.000001000. The van der Waals surface area contributed by atoms with Gasteiger partial charge in [-0.2, -0.15) is 18.2 Å². The van der Waals surface area contributed by atoms with E-state index >= 15 is 0 Å². The van der Waals surface area contributed by atoms with Crippen LogP contribution in [0.1, 0.15) is 12.5 Å². The molecule has 1 N–H and O–H groups in total. The second kappa shape index (κ2) is 6.20. The standard InChI is InChI=1S/C9H12N.K/c1-3-8-6-4-5-7-9(8)10-2;/h4-5,7,10H,3H2,1-2H3;/q-1;+1. The summed E-state index contributed by atoms with van der Waals surface area (Å²) < 4.78 is 0. The van der Waals surface area contributed by atoms with Crippen LogP contribution in [0.5, 0.6) is 0 Å². The molecule has 0 unspecified atom stereocenters. The van der Waals surface area contributed by atoms with Gasteiger partial charge in [-0.25, -0.2) is 0 Å². The SMILES string of the molecule is CCc1[c-]cccc1NC.[K+]. The van der Waals surface area contributed by atoms with Gasteiger partial charge in [-0.15, -0.1) is 11.6 Å². The summed E-state index contributed by atoms with van der Waals surface area (Å²) in [7, 11) is 1.93. The van der Waals surface area contributed by atoms with Crippen LogP contribution in [0.15, 0.2) is 18.2 Å². The van der Waals surface area contributed by atoms with Gasteiger partial charge in [-0.05, 0) is 7.05 Å². The molecule has 0 heterocycles. The molecule has 0 bridgehead atoms. The fourth-order valence-electron chi connectivity index (χ4n) is 0.998. The average Bonchev–Trinajstić information content (AvgIpc) is 2.04. The largest absolute Gasteiger partial charge is 1.00 e. The van der Waals surface area contributed by atoms with Crippen LogP contribution >= 0.6 is 0 Å². The molecule has 0 atom stereocenters. The smallest absolute Gasteiger partial charge is 0.439 e. The molecule has 1 nitrogen and oxygen atoms in total. The van der Waals surface area contributed by atoms with Gasteiger partial charge in [0.05, 0.1) is 0 Å². The molecule has 2 heteroatoms. The van der Waals surface area contributed by atoms with Gasteiger partial charge in [0.1, 0.15) is 0 Å². The summed E-state index contributed by atoms with van der Waals surface area (Å²) >= 11 is 0. The van der Waals surface area contributed by atoms with Crippen LogP contribution in [0.3, 0.4) is 0 Å². The third-order valence-electron chi connectivity index (χ3n) is 1.56. The Morgan fingerprint density at radius 3 is 2.73 bits per heavy atom. The second-order valence-corrected chi connectivity index (χ2v) is 2.17. The molecule has 0 radical (unpaired) electrons. The summed E-state index contributed by atoms with van der Waals surface area (Å²) in [6, 6.07) is 9.18. The zero-order valence-electron chi connectivity index (χ0n) is 7.44. The van der Waals surface area contributed by atoms with Crippen LogP contribution < -0.4 is 56.7 Å². The first-order valence-corrected chi connectivity index (χ1v) is 3.55. The fraction of sp³-hybridized carbons (Fsp3) is 0.333. The Hall–Kier alpha value is 0.656.